The zero-order valence-electron chi connectivity index (χ0n) is 12.3. The SMILES string of the molecule is Cc1cc(C)cc(OCC(O)COC2CCOCC2)c1. The zero-order valence-corrected chi connectivity index (χ0v) is 12.3. The topological polar surface area (TPSA) is 47.9 Å². The van der Waals surface area contributed by atoms with Crippen LogP contribution in [0.3, 0.4) is 0 Å². The van der Waals surface area contributed by atoms with Crippen LogP contribution >= 0.6 is 0 Å². The number of hydrogen-bond acceptors (Lipinski definition) is 4. The van der Waals surface area contributed by atoms with Crippen molar-refractivity contribution in [2.75, 3.05) is 26.4 Å². The normalized spacial score (nSPS) is 17.9. The third-order valence-corrected chi connectivity index (χ3v) is 3.33. The first kappa shape index (κ1) is 15.3. The van der Waals surface area contributed by atoms with E-state index in [0.717, 1.165) is 42.9 Å². The molecule has 4 nitrogen and oxygen atoms in total. The van der Waals surface area contributed by atoms with E-state index < -0.39 is 6.10 Å². The number of aliphatic hydroxyl groups excluding tert-OH is 1. The summed E-state index contributed by atoms with van der Waals surface area (Å²) in [7, 11) is 0. The lowest BCUT2D eigenvalue weighted by Crippen LogP contribution is -2.30. The third-order valence-electron chi connectivity index (χ3n) is 3.33. The van der Waals surface area contributed by atoms with Crippen LogP contribution in [0.4, 0.5) is 0 Å². The van der Waals surface area contributed by atoms with Gasteiger partial charge in [0.15, 0.2) is 0 Å². The largest absolute Gasteiger partial charge is 0.491 e. The van der Waals surface area contributed by atoms with Gasteiger partial charge in [0.25, 0.3) is 0 Å². The van der Waals surface area contributed by atoms with Gasteiger partial charge in [-0.25, -0.2) is 0 Å². The first-order chi connectivity index (χ1) is 9.63. The Balaban J connectivity index is 1.70. The second-order valence-electron chi connectivity index (χ2n) is 5.43. The van der Waals surface area contributed by atoms with Crippen LogP contribution in [0.2, 0.25) is 0 Å². The van der Waals surface area contributed by atoms with Crippen molar-refractivity contribution in [3.8, 4) is 5.75 Å². The summed E-state index contributed by atoms with van der Waals surface area (Å²) < 4.78 is 16.6. The van der Waals surface area contributed by atoms with Crippen molar-refractivity contribution in [1.82, 2.24) is 0 Å². The van der Waals surface area contributed by atoms with Gasteiger partial charge in [-0.1, -0.05) is 6.07 Å². The molecule has 0 bridgehead atoms. The highest BCUT2D eigenvalue weighted by atomic mass is 16.5. The molecule has 0 aliphatic carbocycles. The molecule has 0 amide bonds. The lowest BCUT2D eigenvalue weighted by atomic mass is 10.1. The lowest BCUT2D eigenvalue weighted by molar-refractivity contribution is -0.0659. The molecule has 1 fully saturated rings. The van der Waals surface area contributed by atoms with Crippen LogP contribution in [0, 0.1) is 13.8 Å². The average Bonchev–Trinajstić information content (AvgIpc) is 2.43. The minimum atomic E-state index is -0.598. The summed E-state index contributed by atoms with van der Waals surface area (Å²) in [5.41, 5.74) is 2.32. The number of hydrogen-bond donors (Lipinski definition) is 1. The van der Waals surface area contributed by atoms with Crippen LogP contribution in [0.1, 0.15) is 24.0 Å². The molecule has 1 aliphatic heterocycles. The van der Waals surface area contributed by atoms with Crippen molar-refractivity contribution in [2.45, 2.75) is 38.9 Å². The van der Waals surface area contributed by atoms with Gasteiger partial charge >= 0.3 is 0 Å². The van der Waals surface area contributed by atoms with Gasteiger partial charge in [-0.2, -0.15) is 0 Å². The van der Waals surface area contributed by atoms with Gasteiger partial charge in [0.05, 0.1) is 12.7 Å². The fraction of sp³-hybridized carbons (Fsp3) is 0.625. The minimum Gasteiger partial charge on any atom is -0.491 e. The lowest BCUT2D eigenvalue weighted by Gasteiger charge is -2.23. The van der Waals surface area contributed by atoms with Crippen molar-refractivity contribution < 1.29 is 19.3 Å². The molecule has 1 N–H and O–H groups in total. The van der Waals surface area contributed by atoms with Crippen molar-refractivity contribution in [3.05, 3.63) is 29.3 Å². The fourth-order valence-corrected chi connectivity index (χ4v) is 2.35. The quantitative estimate of drug-likeness (QED) is 0.868. The number of rotatable bonds is 6. The number of aryl methyl sites for hydroxylation is 2. The molecule has 1 heterocycles. The van der Waals surface area contributed by atoms with Crippen LogP contribution in [-0.2, 0) is 9.47 Å². The molecule has 2 rings (SSSR count). The summed E-state index contributed by atoms with van der Waals surface area (Å²) >= 11 is 0. The van der Waals surface area contributed by atoms with Crippen LogP contribution in [-0.4, -0.2) is 43.7 Å². The Hall–Kier alpha value is -1.10. The number of aliphatic hydroxyl groups is 1. The van der Waals surface area contributed by atoms with E-state index in [2.05, 4.69) is 6.07 Å². The summed E-state index contributed by atoms with van der Waals surface area (Å²) in [4.78, 5) is 0. The highest BCUT2D eigenvalue weighted by Crippen LogP contribution is 2.16. The average molecular weight is 280 g/mol. The molecule has 1 aromatic rings. The van der Waals surface area contributed by atoms with E-state index in [1.807, 2.05) is 26.0 Å². The summed E-state index contributed by atoms with van der Waals surface area (Å²) in [6.07, 6.45) is 1.42. The molecular formula is C16H24O4. The molecule has 1 aliphatic rings. The van der Waals surface area contributed by atoms with Crippen molar-refractivity contribution in [3.63, 3.8) is 0 Å². The Morgan fingerprint density at radius 2 is 1.80 bits per heavy atom. The second kappa shape index (κ2) is 7.62. The maximum atomic E-state index is 9.90. The summed E-state index contributed by atoms with van der Waals surface area (Å²) in [5, 5.41) is 9.90. The zero-order chi connectivity index (χ0) is 14.4. The van der Waals surface area contributed by atoms with E-state index in [1.165, 1.54) is 0 Å². The highest BCUT2D eigenvalue weighted by molar-refractivity contribution is 5.32. The standard InChI is InChI=1S/C16H24O4/c1-12-7-13(2)9-16(8-12)20-11-14(17)10-19-15-3-5-18-6-4-15/h7-9,14-15,17H,3-6,10-11H2,1-2H3. The molecule has 1 saturated heterocycles. The Labute approximate surface area is 120 Å². The first-order valence-corrected chi connectivity index (χ1v) is 7.22. The van der Waals surface area contributed by atoms with Gasteiger partial charge in [-0.05, 0) is 49.9 Å². The number of ether oxygens (including phenoxy) is 3. The second-order valence-corrected chi connectivity index (χ2v) is 5.43. The van der Waals surface area contributed by atoms with E-state index in [-0.39, 0.29) is 12.7 Å². The Morgan fingerprint density at radius 3 is 2.45 bits per heavy atom. The van der Waals surface area contributed by atoms with Gasteiger partial charge in [0.2, 0.25) is 0 Å². The Bertz CT molecular complexity index is 393. The van der Waals surface area contributed by atoms with E-state index in [1.54, 1.807) is 0 Å². The van der Waals surface area contributed by atoms with Crippen LogP contribution in [0.5, 0.6) is 5.75 Å². The number of benzene rings is 1. The van der Waals surface area contributed by atoms with Gasteiger partial charge in [0.1, 0.15) is 18.5 Å². The van der Waals surface area contributed by atoms with Crippen LogP contribution in [0.25, 0.3) is 0 Å². The van der Waals surface area contributed by atoms with Crippen molar-refractivity contribution in [1.29, 1.82) is 0 Å². The van der Waals surface area contributed by atoms with Crippen LogP contribution in [0.15, 0.2) is 18.2 Å². The maximum Gasteiger partial charge on any atom is 0.119 e. The molecular weight excluding hydrogens is 256 g/mol. The molecule has 0 radical (unpaired) electrons. The van der Waals surface area contributed by atoms with E-state index >= 15 is 0 Å². The maximum absolute atomic E-state index is 9.90. The van der Waals surface area contributed by atoms with E-state index in [4.69, 9.17) is 14.2 Å². The summed E-state index contributed by atoms with van der Waals surface area (Å²) in [6.45, 7) is 6.14. The van der Waals surface area contributed by atoms with E-state index in [9.17, 15) is 5.11 Å². The molecule has 1 atom stereocenters. The fourth-order valence-electron chi connectivity index (χ4n) is 2.35. The predicted molar refractivity (Wildman–Crippen MR) is 77.2 cm³/mol. The molecule has 0 aromatic heterocycles. The molecule has 112 valence electrons. The molecule has 1 unspecified atom stereocenters. The van der Waals surface area contributed by atoms with Gasteiger partial charge in [0, 0.05) is 13.2 Å². The van der Waals surface area contributed by atoms with E-state index in [0.29, 0.717) is 6.61 Å². The Morgan fingerprint density at radius 1 is 1.15 bits per heavy atom. The Kier molecular flexibility index (Phi) is 5.83. The third kappa shape index (κ3) is 5.12. The monoisotopic (exact) mass is 280 g/mol. The van der Waals surface area contributed by atoms with Gasteiger partial charge < -0.3 is 19.3 Å². The molecule has 20 heavy (non-hydrogen) atoms. The molecule has 1 aromatic carbocycles. The first-order valence-electron chi connectivity index (χ1n) is 7.22. The van der Waals surface area contributed by atoms with Crippen LogP contribution < -0.4 is 4.74 Å². The predicted octanol–water partition coefficient (Wildman–Crippen LogP) is 2.24. The molecule has 0 saturated carbocycles. The summed E-state index contributed by atoms with van der Waals surface area (Å²) in [5.74, 6) is 0.799. The smallest absolute Gasteiger partial charge is 0.119 e. The molecule has 0 spiro atoms. The van der Waals surface area contributed by atoms with Gasteiger partial charge in [-0.3, -0.25) is 0 Å². The van der Waals surface area contributed by atoms with Crippen molar-refractivity contribution >= 4 is 0 Å². The highest BCUT2D eigenvalue weighted by Gasteiger charge is 2.16. The summed E-state index contributed by atoms with van der Waals surface area (Å²) in [6, 6.07) is 6.04. The van der Waals surface area contributed by atoms with Crippen molar-refractivity contribution in [2.24, 2.45) is 0 Å². The molecule has 4 heteroatoms. The van der Waals surface area contributed by atoms with Gasteiger partial charge in [-0.15, -0.1) is 0 Å². The minimum absolute atomic E-state index is 0.208.